The van der Waals surface area contributed by atoms with E-state index in [2.05, 4.69) is 5.32 Å². The zero-order valence-electron chi connectivity index (χ0n) is 17.7. The number of rotatable bonds is 12. The molecule has 0 spiro atoms. The summed E-state index contributed by atoms with van der Waals surface area (Å²) in [7, 11) is -4.06. The predicted molar refractivity (Wildman–Crippen MR) is 112 cm³/mol. The maximum absolute atomic E-state index is 13.8. The standard InChI is InChI=1S/C21H25F3N2O5S/c1-3-11-26(14-19(27)25-18-10-9-17(22)20(23)21(18)24)32(28,29)16-7-5-15(6-8-16)31-13-12-30-4-2/h5-10H,3-4,11-14H2,1-2H3,(H,25,27). The Kier molecular flexibility index (Phi) is 9.48. The average Bonchev–Trinajstić information content (AvgIpc) is 2.77. The highest BCUT2D eigenvalue weighted by Gasteiger charge is 2.26. The number of nitrogens with zero attached hydrogens (tertiary/aromatic N) is 1. The van der Waals surface area contributed by atoms with Gasteiger partial charge in [0.1, 0.15) is 12.4 Å². The maximum Gasteiger partial charge on any atom is 0.243 e. The van der Waals surface area contributed by atoms with Crippen LogP contribution in [0, 0.1) is 17.5 Å². The molecule has 1 amide bonds. The molecule has 0 atom stereocenters. The second-order valence-corrected chi connectivity index (χ2v) is 8.56. The molecule has 0 saturated heterocycles. The van der Waals surface area contributed by atoms with Crippen LogP contribution in [0.15, 0.2) is 41.3 Å². The summed E-state index contributed by atoms with van der Waals surface area (Å²) in [6.07, 6.45) is 0.407. The molecule has 0 radical (unpaired) electrons. The van der Waals surface area contributed by atoms with Crippen molar-refractivity contribution in [2.45, 2.75) is 25.2 Å². The molecule has 0 unspecified atom stereocenters. The van der Waals surface area contributed by atoms with Gasteiger partial charge in [0.25, 0.3) is 0 Å². The lowest BCUT2D eigenvalue weighted by Crippen LogP contribution is -2.38. The highest BCUT2D eigenvalue weighted by atomic mass is 32.2. The van der Waals surface area contributed by atoms with Gasteiger partial charge in [0.05, 0.1) is 23.7 Å². The minimum absolute atomic E-state index is 0.0165. The van der Waals surface area contributed by atoms with Crippen LogP contribution in [0.1, 0.15) is 20.3 Å². The molecule has 0 aliphatic heterocycles. The van der Waals surface area contributed by atoms with Gasteiger partial charge in [0.15, 0.2) is 17.5 Å². The third-order valence-corrected chi connectivity index (χ3v) is 6.12. The summed E-state index contributed by atoms with van der Waals surface area (Å²) in [5.74, 6) is -5.14. The van der Waals surface area contributed by atoms with Gasteiger partial charge in [0.2, 0.25) is 15.9 Å². The quantitative estimate of drug-likeness (QED) is 0.376. The van der Waals surface area contributed by atoms with Gasteiger partial charge in [-0.2, -0.15) is 4.31 Å². The Morgan fingerprint density at radius 2 is 1.69 bits per heavy atom. The van der Waals surface area contributed by atoms with Crippen LogP contribution >= 0.6 is 0 Å². The zero-order valence-corrected chi connectivity index (χ0v) is 18.6. The molecule has 176 valence electrons. The van der Waals surface area contributed by atoms with E-state index in [1.54, 1.807) is 6.92 Å². The Bertz CT molecular complexity index is 1020. The van der Waals surface area contributed by atoms with E-state index in [4.69, 9.17) is 9.47 Å². The van der Waals surface area contributed by atoms with Gasteiger partial charge in [-0.25, -0.2) is 21.6 Å². The van der Waals surface area contributed by atoms with Crippen LogP contribution in [-0.4, -0.2) is 51.5 Å². The van der Waals surface area contributed by atoms with Crippen molar-refractivity contribution in [3.8, 4) is 5.75 Å². The minimum Gasteiger partial charge on any atom is -0.491 e. The Hall–Kier alpha value is -2.63. The molecule has 2 rings (SSSR count). The van der Waals surface area contributed by atoms with E-state index in [1.165, 1.54) is 24.3 Å². The number of sulfonamides is 1. The molecular formula is C21H25F3N2O5S. The van der Waals surface area contributed by atoms with Crippen molar-refractivity contribution in [2.75, 3.05) is 38.2 Å². The summed E-state index contributed by atoms with van der Waals surface area (Å²) in [5, 5.41) is 2.07. The van der Waals surface area contributed by atoms with Gasteiger partial charge in [-0.05, 0) is 49.7 Å². The lowest BCUT2D eigenvalue weighted by molar-refractivity contribution is -0.116. The normalized spacial score (nSPS) is 11.6. The van der Waals surface area contributed by atoms with Gasteiger partial charge in [0, 0.05) is 13.2 Å². The molecule has 0 heterocycles. The van der Waals surface area contributed by atoms with E-state index in [1.807, 2.05) is 6.92 Å². The van der Waals surface area contributed by atoms with Crippen LogP contribution < -0.4 is 10.1 Å². The van der Waals surface area contributed by atoms with Gasteiger partial charge in [-0.3, -0.25) is 4.79 Å². The van der Waals surface area contributed by atoms with Crippen LogP contribution in [0.25, 0.3) is 0 Å². The summed E-state index contributed by atoms with van der Waals surface area (Å²) in [6, 6.07) is 7.18. The predicted octanol–water partition coefficient (Wildman–Crippen LogP) is 3.56. The van der Waals surface area contributed by atoms with Gasteiger partial charge < -0.3 is 14.8 Å². The van der Waals surface area contributed by atoms with E-state index < -0.39 is 45.6 Å². The highest BCUT2D eigenvalue weighted by molar-refractivity contribution is 7.89. The Balaban J connectivity index is 2.11. The minimum atomic E-state index is -4.06. The number of hydrogen-bond acceptors (Lipinski definition) is 5. The fraction of sp³-hybridized carbons (Fsp3) is 0.381. The van der Waals surface area contributed by atoms with E-state index in [0.717, 1.165) is 10.4 Å². The third kappa shape index (κ3) is 6.68. The monoisotopic (exact) mass is 474 g/mol. The molecule has 2 aromatic carbocycles. The van der Waals surface area contributed by atoms with Crippen molar-refractivity contribution in [1.82, 2.24) is 4.31 Å². The Morgan fingerprint density at radius 3 is 2.31 bits per heavy atom. The number of amides is 1. The summed E-state index contributed by atoms with van der Waals surface area (Å²) in [5.41, 5.74) is -0.587. The first-order chi connectivity index (χ1) is 15.2. The first kappa shape index (κ1) is 25.6. The molecule has 1 N–H and O–H groups in total. The number of benzene rings is 2. The lowest BCUT2D eigenvalue weighted by atomic mass is 10.2. The molecule has 0 aliphatic carbocycles. The molecule has 32 heavy (non-hydrogen) atoms. The number of carbonyl (C=O) groups is 1. The van der Waals surface area contributed by atoms with Gasteiger partial charge >= 0.3 is 0 Å². The molecule has 11 heteroatoms. The molecule has 0 fully saturated rings. The molecular weight excluding hydrogens is 449 g/mol. The summed E-state index contributed by atoms with van der Waals surface area (Å²) in [6.45, 7) is 4.23. The van der Waals surface area contributed by atoms with Crippen molar-refractivity contribution in [3.05, 3.63) is 53.8 Å². The van der Waals surface area contributed by atoms with Crippen molar-refractivity contribution in [1.29, 1.82) is 0 Å². The average molecular weight is 475 g/mol. The first-order valence-electron chi connectivity index (χ1n) is 9.94. The molecule has 0 aromatic heterocycles. The van der Waals surface area contributed by atoms with E-state index in [-0.39, 0.29) is 11.4 Å². The second kappa shape index (κ2) is 11.8. The van der Waals surface area contributed by atoms with Gasteiger partial charge in [-0.1, -0.05) is 6.92 Å². The summed E-state index contributed by atoms with van der Waals surface area (Å²) >= 11 is 0. The molecule has 2 aromatic rings. The number of hydrogen-bond donors (Lipinski definition) is 1. The molecule has 7 nitrogen and oxygen atoms in total. The summed E-state index contributed by atoms with van der Waals surface area (Å²) in [4.78, 5) is 12.3. The summed E-state index contributed by atoms with van der Waals surface area (Å²) < 4.78 is 77.7. The van der Waals surface area contributed by atoms with Crippen molar-refractivity contribution in [3.63, 3.8) is 0 Å². The number of nitrogens with one attached hydrogen (secondary N) is 1. The van der Waals surface area contributed by atoms with Crippen LogP contribution in [-0.2, 0) is 19.6 Å². The fourth-order valence-electron chi connectivity index (χ4n) is 2.73. The Labute approximate surface area is 185 Å². The van der Waals surface area contributed by atoms with Crippen molar-refractivity contribution < 1.29 is 35.9 Å². The SMILES string of the molecule is CCCN(CC(=O)Nc1ccc(F)c(F)c1F)S(=O)(=O)c1ccc(OCCOCC)cc1. The number of carbonyl (C=O) groups excluding carboxylic acids is 1. The highest BCUT2D eigenvalue weighted by Crippen LogP contribution is 2.22. The largest absolute Gasteiger partial charge is 0.491 e. The van der Waals surface area contributed by atoms with Crippen molar-refractivity contribution >= 4 is 21.6 Å². The van der Waals surface area contributed by atoms with Crippen molar-refractivity contribution in [2.24, 2.45) is 0 Å². The maximum atomic E-state index is 13.8. The Morgan fingerprint density at radius 1 is 1.00 bits per heavy atom. The van der Waals surface area contributed by atoms with E-state index in [9.17, 15) is 26.4 Å². The van der Waals surface area contributed by atoms with Crippen LogP contribution in [0.2, 0.25) is 0 Å². The first-order valence-corrected chi connectivity index (χ1v) is 11.4. The second-order valence-electron chi connectivity index (χ2n) is 6.63. The van der Waals surface area contributed by atoms with E-state index in [0.29, 0.717) is 38.1 Å². The molecule has 0 aliphatic rings. The van der Waals surface area contributed by atoms with Crippen LogP contribution in [0.4, 0.5) is 18.9 Å². The molecule has 0 bridgehead atoms. The van der Waals surface area contributed by atoms with E-state index >= 15 is 0 Å². The zero-order chi connectivity index (χ0) is 23.7. The topological polar surface area (TPSA) is 84.9 Å². The number of ether oxygens (including phenoxy) is 2. The van der Waals surface area contributed by atoms with Crippen LogP contribution in [0.3, 0.4) is 0 Å². The lowest BCUT2D eigenvalue weighted by Gasteiger charge is -2.21. The number of anilines is 1. The number of halogens is 3. The smallest absolute Gasteiger partial charge is 0.243 e. The molecule has 0 saturated carbocycles. The fourth-order valence-corrected chi connectivity index (χ4v) is 4.21. The van der Waals surface area contributed by atoms with Crippen LogP contribution in [0.5, 0.6) is 5.75 Å². The third-order valence-electron chi connectivity index (χ3n) is 4.26. The van der Waals surface area contributed by atoms with Gasteiger partial charge in [-0.15, -0.1) is 0 Å².